The number of nitrogens with two attached hydrogens (primary N) is 2. The summed E-state index contributed by atoms with van der Waals surface area (Å²) in [6.45, 7) is 8.74. The molecule has 4 aromatic rings. The Morgan fingerprint density at radius 1 is 0.757 bits per heavy atom. The highest BCUT2D eigenvalue weighted by Gasteiger charge is 2.13. The van der Waals surface area contributed by atoms with Gasteiger partial charge in [0.15, 0.2) is 0 Å². The molecular formula is C30H34N4O3. The smallest absolute Gasteiger partial charge is 0.139 e. The number of aliphatic imine (C=N–C) groups is 2. The van der Waals surface area contributed by atoms with Gasteiger partial charge in [0.2, 0.25) is 0 Å². The molecule has 0 unspecified atom stereocenters. The van der Waals surface area contributed by atoms with Crippen molar-refractivity contribution in [1.82, 2.24) is 0 Å². The predicted molar refractivity (Wildman–Crippen MR) is 151 cm³/mol. The summed E-state index contributed by atoms with van der Waals surface area (Å²) in [6, 6.07) is 23.5. The summed E-state index contributed by atoms with van der Waals surface area (Å²) in [5.41, 5.74) is 15.5. The Labute approximate surface area is 217 Å². The minimum Gasteiger partial charge on any atom is -0.490 e. The maximum absolute atomic E-state index is 6.18. The molecule has 7 heteroatoms. The molecule has 0 aliphatic rings. The average molecular weight is 499 g/mol. The first-order chi connectivity index (χ1) is 17.8. The van der Waals surface area contributed by atoms with Crippen LogP contribution in [0.25, 0.3) is 22.3 Å². The average Bonchev–Trinajstić information content (AvgIpc) is 3.30. The van der Waals surface area contributed by atoms with E-state index in [0.29, 0.717) is 24.9 Å². The lowest BCUT2D eigenvalue weighted by atomic mass is 10.1. The Morgan fingerprint density at radius 2 is 1.38 bits per heavy atom. The number of furan rings is 1. The van der Waals surface area contributed by atoms with Crippen LogP contribution in [-0.4, -0.2) is 37.0 Å². The molecule has 0 bridgehead atoms. The zero-order valence-electron chi connectivity index (χ0n) is 21.8. The molecule has 192 valence electrons. The van der Waals surface area contributed by atoms with E-state index in [1.807, 2.05) is 100 Å². The maximum Gasteiger partial charge on any atom is 0.139 e. The molecule has 4 N–H and O–H groups in total. The number of para-hydroxylation sites is 1. The molecule has 0 saturated heterocycles. The van der Waals surface area contributed by atoms with Gasteiger partial charge in [0, 0.05) is 28.6 Å². The van der Waals surface area contributed by atoms with Gasteiger partial charge in [0.1, 0.15) is 47.7 Å². The molecule has 0 saturated carbocycles. The van der Waals surface area contributed by atoms with E-state index < -0.39 is 0 Å². The molecule has 1 aromatic heterocycles. The highest BCUT2D eigenvalue weighted by molar-refractivity contribution is 6.00. The van der Waals surface area contributed by atoms with E-state index in [4.69, 9.17) is 25.4 Å². The van der Waals surface area contributed by atoms with Crippen LogP contribution in [0.4, 0.5) is 0 Å². The summed E-state index contributed by atoms with van der Waals surface area (Å²) < 4.78 is 18.1. The number of ether oxygens (including phenoxy) is 2. The van der Waals surface area contributed by atoms with Crippen molar-refractivity contribution in [3.05, 3.63) is 83.9 Å². The SMILES string of the molecule is CC(C)N=C(N)c1ccc(OCCOc2ccccc2-c2cc3ccc(C(N)=NC(C)C)cc3o2)cc1. The fourth-order valence-electron chi connectivity index (χ4n) is 3.86. The van der Waals surface area contributed by atoms with Crippen molar-refractivity contribution in [2.75, 3.05) is 13.2 Å². The minimum absolute atomic E-state index is 0.123. The quantitative estimate of drug-likeness (QED) is 0.164. The molecule has 37 heavy (non-hydrogen) atoms. The summed E-state index contributed by atoms with van der Waals surface area (Å²) in [7, 11) is 0. The highest BCUT2D eigenvalue weighted by atomic mass is 16.5. The van der Waals surface area contributed by atoms with E-state index in [2.05, 4.69) is 9.98 Å². The third kappa shape index (κ3) is 6.70. The lowest BCUT2D eigenvalue weighted by molar-refractivity contribution is 0.217. The summed E-state index contributed by atoms with van der Waals surface area (Å²) in [5, 5.41) is 0.983. The number of hydrogen-bond acceptors (Lipinski definition) is 5. The van der Waals surface area contributed by atoms with Crippen LogP contribution in [0, 0.1) is 0 Å². The van der Waals surface area contributed by atoms with Crippen molar-refractivity contribution in [3.8, 4) is 22.8 Å². The number of rotatable bonds is 10. The lowest BCUT2D eigenvalue weighted by Gasteiger charge is -2.11. The maximum atomic E-state index is 6.18. The Kier molecular flexibility index (Phi) is 8.13. The Hall–Kier alpha value is -4.26. The van der Waals surface area contributed by atoms with E-state index in [-0.39, 0.29) is 12.1 Å². The van der Waals surface area contributed by atoms with Crippen molar-refractivity contribution in [2.45, 2.75) is 39.8 Å². The number of nitrogens with zero attached hydrogens (tertiary/aromatic N) is 2. The molecule has 4 rings (SSSR count). The summed E-state index contributed by atoms with van der Waals surface area (Å²) in [4.78, 5) is 8.80. The molecule has 0 aliphatic heterocycles. The molecular weight excluding hydrogens is 464 g/mol. The molecule has 3 aromatic carbocycles. The predicted octanol–water partition coefficient (Wildman–Crippen LogP) is 5.79. The third-order valence-electron chi connectivity index (χ3n) is 5.52. The molecule has 0 fully saturated rings. The summed E-state index contributed by atoms with van der Waals surface area (Å²) in [6.07, 6.45) is 0. The van der Waals surface area contributed by atoms with Crippen LogP contribution in [0.3, 0.4) is 0 Å². The van der Waals surface area contributed by atoms with E-state index in [9.17, 15) is 0 Å². The van der Waals surface area contributed by atoms with Gasteiger partial charge in [-0.05, 0) is 76.2 Å². The largest absolute Gasteiger partial charge is 0.490 e. The Morgan fingerprint density at radius 3 is 2.08 bits per heavy atom. The van der Waals surface area contributed by atoms with Gasteiger partial charge in [0.05, 0.1) is 5.56 Å². The van der Waals surface area contributed by atoms with Crippen molar-refractivity contribution in [2.24, 2.45) is 21.5 Å². The van der Waals surface area contributed by atoms with Crippen LogP contribution in [0.1, 0.15) is 38.8 Å². The first kappa shape index (κ1) is 25.8. The van der Waals surface area contributed by atoms with Crippen LogP contribution in [0.15, 0.2) is 87.2 Å². The first-order valence-electron chi connectivity index (χ1n) is 12.5. The zero-order valence-corrected chi connectivity index (χ0v) is 21.8. The Bertz CT molecular complexity index is 1400. The van der Waals surface area contributed by atoms with E-state index in [1.165, 1.54) is 0 Å². The normalized spacial score (nSPS) is 12.5. The number of amidine groups is 2. The fourth-order valence-corrected chi connectivity index (χ4v) is 3.86. The fraction of sp³-hybridized carbons (Fsp3) is 0.267. The van der Waals surface area contributed by atoms with Gasteiger partial charge in [-0.2, -0.15) is 0 Å². The van der Waals surface area contributed by atoms with Gasteiger partial charge in [-0.25, -0.2) is 0 Å². The van der Waals surface area contributed by atoms with E-state index in [1.54, 1.807) is 0 Å². The summed E-state index contributed by atoms with van der Waals surface area (Å²) in [5.74, 6) is 3.21. The van der Waals surface area contributed by atoms with Crippen molar-refractivity contribution >= 4 is 22.6 Å². The monoisotopic (exact) mass is 498 g/mol. The summed E-state index contributed by atoms with van der Waals surface area (Å²) >= 11 is 0. The van der Waals surface area contributed by atoms with Gasteiger partial charge in [-0.15, -0.1) is 0 Å². The van der Waals surface area contributed by atoms with Gasteiger partial charge >= 0.3 is 0 Å². The molecule has 0 spiro atoms. The van der Waals surface area contributed by atoms with Crippen molar-refractivity contribution in [3.63, 3.8) is 0 Å². The first-order valence-corrected chi connectivity index (χ1v) is 12.5. The number of benzene rings is 3. The van der Waals surface area contributed by atoms with Crippen LogP contribution in [0.2, 0.25) is 0 Å². The second-order valence-corrected chi connectivity index (χ2v) is 9.30. The van der Waals surface area contributed by atoms with Crippen molar-refractivity contribution < 1.29 is 13.9 Å². The van der Waals surface area contributed by atoms with Crippen LogP contribution in [-0.2, 0) is 0 Å². The van der Waals surface area contributed by atoms with Crippen LogP contribution < -0.4 is 20.9 Å². The standard InChI is InChI=1S/C30H34N4O3/c1-19(2)33-29(31)21-11-13-24(14-12-21)35-15-16-36-26-8-6-5-7-25(26)28-17-22-9-10-23(18-27(22)37-28)30(32)34-20(3)4/h5-14,17-20H,15-16H2,1-4H3,(H2,31,33)(H2,32,34). The lowest BCUT2D eigenvalue weighted by Crippen LogP contribution is -2.15. The number of hydrogen-bond donors (Lipinski definition) is 2. The van der Waals surface area contributed by atoms with Gasteiger partial charge in [0.25, 0.3) is 0 Å². The zero-order chi connectivity index (χ0) is 26.4. The molecule has 1 heterocycles. The molecule has 0 atom stereocenters. The minimum atomic E-state index is 0.123. The second kappa shape index (κ2) is 11.6. The van der Waals surface area contributed by atoms with Crippen LogP contribution >= 0.6 is 0 Å². The van der Waals surface area contributed by atoms with E-state index >= 15 is 0 Å². The topological polar surface area (TPSA) is 108 Å². The molecule has 0 radical (unpaired) electrons. The van der Waals surface area contributed by atoms with E-state index in [0.717, 1.165) is 44.9 Å². The van der Waals surface area contributed by atoms with Gasteiger partial charge < -0.3 is 25.4 Å². The molecule has 0 aliphatic carbocycles. The molecule has 0 amide bonds. The van der Waals surface area contributed by atoms with Crippen LogP contribution in [0.5, 0.6) is 11.5 Å². The Balaban J connectivity index is 1.41. The second-order valence-electron chi connectivity index (χ2n) is 9.30. The molecule has 7 nitrogen and oxygen atoms in total. The highest BCUT2D eigenvalue weighted by Crippen LogP contribution is 2.34. The number of fused-ring (bicyclic) bond motifs is 1. The van der Waals surface area contributed by atoms with Gasteiger partial charge in [-0.1, -0.05) is 24.3 Å². The third-order valence-corrected chi connectivity index (χ3v) is 5.52. The van der Waals surface area contributed by atoms with Crippen molar-refractivity contribution in [1.29, 1.82) is 0 Å². The van der Waals surface area contributed by atoms with Gasteiger partial charge in [-0.3, -0.25) is 9.98 Å².